The number of sulfone groups is 1. The van der Waals surface area contributed by atoms with Crippen molar-refractivity contribution >= 4 is 27.3 Å². The molecule has 2 heterocycles. The van der Waals surface area contributed by atoms with Gasteiger partial charge in [-0.2, -0.15) is 0 Å². The smallest absolute Gasteiger partial charge is 0.150 e. The molecule has 19 heavy (non-hydrogen) atoms. The lowest BCUT2D eigenvalue weighted by Crippen LogP contribution is -2.65. The lowest BCUT2D eigenvalue weighted by atomic mass is 9.63. The van der Waals surface area contributed by atoms with Crippen LogP contribution in [0.2, 0.25) is 5.02 Å². The third-order valence-corrected chi connectivity index (χ3v) is 6.00. The summed E-state index contributed by atoms with van der Waals surface area (Å²) in [6, 6.07) is 1.23. The molecule has 0 bridgehead atoms. The van der Waals surface area contributed by atoms with E-state index in [0.717, 1.165) is 0 Å². The predicted octanol–water partition coefficient (Wildman–Crippen LogP) is 1.89. The second-order valence-electron chi connectivity index (χ2n) is 5.65. The van der Waals surface area contributed by atoms with Gasteiger partial charge in [-0.25, -0.2) is 17.8 Å². The Kier molecular flexibility index (Phi) is 2.80. The molecule has 0 amide bonds. The van der Waals surface area contributed by atoms with Crippen molar-refractivity contribution in [1.29, 1.82) is 0 Å². The van der Waals surface area contributed by atoms with Gasteiger partial charge < -0.3 is 4.90 Å². The van der Waals surface area contributed by atoms with E-state index in [1.807, 2.05) is 4.90 Å². The molecule has 1 aromatic rings. The van der Waals surface area contributed by atoms with Gasteiger partial charge in [0.25, 0.3) is 0 Å². The molecule has 1 spiro atoms. The number of pyridine rings is 1. The van der Waals surface area contributed by atoms with Crippen molar-refractivity contribution in [3.63, 3.8) is 0 Å². The Balaban J connectivity index is 1.67. The number of hydrogen-bond acceptors (Lipinski definition) is 4. The van der Waals surface area contributed by atoms with Crippen molar-refractivity contribution in [3.8, 4) is 0 Å². The third-order valence-electron chi connectivity index (χ3n) is 4.10. The molecule has 1 aromatic heterocycles. The molecule has 1 aliphatic heterocycles. The average Bonchev–Trinajstić information content (AvgIpc) is 2.18. The lowest BCUT2D eigenvalue weighted by Gasteiger charge is -2.59. The van der Waals surface area contributed by atoms with Gasteiger partial charge in [-0.05, 0) is 18.9 Å². The minimum atomic E-state index is -2.93. The molecule has 0 aromatic carbocycles. The molecule has 0 N–H and O–H groups in total. The lowest BCUT2D eigenvalue weighted by molar-refractivity contribution is 0.0937. The Morgan fingerprint density at radius 3 is 2.68 bits per heavy atom. The molecule has 3 rings (SSSR count). The SMILES string of the molecule is CS(=O)(=O)C1CC2(C1)CN(c1nccc(F)c1Cl)C2. The van der Waals surface area contributed by atoms with Crippen LogP contribution in [0.1, 0.15) is 12.8 Å². The molecular formula is C12H14ClFN2O2S. The fraction of sp³-hybridized carbons (Fsp3) is 0.583. The first-order valence-corrected chi connectivity index (χ1v) is 8.38. The highest BCUT2D eigenvalue weighted by Gasteiger charge is 2.55. The van der Waals surface area contributed by atoms with E-state index in [4.69, 9.17) is 11.6 Å². The van der Waals surface area contributed by atoms with Crippen molar-refractivity contribution in [2.24, 2.45) is 5.41 Å². The fourth-order valence-corrected chi connectivity index (χ4v) is 4.55. The van der Waals surface area contributed by atoms with Gasteiger partial charge in [-0.1, -0.05) is 11.6 Å². The molecule has 1 aliphatic carbocycles. The Morgan fingerprint density at radius 1 is 1.47 bits per heavy atom. The summed E-state index contributed by atoms with van der Waals surface area (Å²) in [6.07, 6.45) is 4.05. The number of halogens is 2. The zero-order valence-corrected chi connectivity index (χ0v) is 12.0. The summed E-state index contributed by atoms with van der Waals surface area (Å²) in [5.74, 6) is -0.0228. The summed E-state index contributed by atoms with van der Waals surface area (Å²) < 4.78 is 36.1. The van der Waals surface area contributed by atoms with E-state index in [1.54, 1.807) is 0 Å². The first-order valence-electron chi connectivity index (χ1n) is 6.05. The molecule has 0 unspecified atom stereocenters. The van der Waals surface area contributed by atoms with Crippen LogP contribution in [-0.2, 0) is 9.84 Å². The summed E-state index contributed by atoms with van der Waals surface area (Å²) >= 11 is 5.88. The number of aromatic nitrogens is 1. The highest BCUT2D eigenvalue weighted by molar-refractivity contribution is 7.91. The van der Waals surface area contributed by atoms with E-state index in [-0.39, 0.29) is 15.7 Å². The molecule has 0 atom stereocenters. The molecule has 7 heteroatoms. The van der Waals surface area contributed by atoms with Crippen LogP contribution >= 0.6 is 11.6 Å². The zero-order valence-electron chi connectivity index (χ0n) is 10.4. The van der Waals surface area contributed by atoms with Crippen molar-refractivity contribution in [1.82, 2.24) is 4.98 Å². The first-order chi connectivity index (χ1) is 8.81. The van der Waals surface area contributed by atoms with Gasteiger partial charge in [0.1, 0.15) is 26.5 Å². The van der Waals surface area contributed by atoms with E-state index in [0.29, 0.717) is 31.7 Å². The van der Waals surface area contributed by atoms with Crippen LogP contribution in [0.3, 0.4) is 0 Å². The van der Waals surface area contributed by atoms with E-state index in [1.165, 1.54) is 18.5 Å². The van der Waals surface area contributed by atoms with Crippen LogP contribution in [-0.4, -0.2) is 38.0 Å². The zero-order chi connectivity index (χ0) is 13.8. The van der Waals surface area contributed by atoms with Crippen molar-refractivity contribution in [2.75, 3.05) is 24.2 Å². The standard InChI is InChI=1S/C12H14ClFN2O2S/c1-19(17,18)8-4-12(5-8)6-16(7-12)11-10(13)9(14)2-3-15-11/h2-3,8H,4-7H2,1H3. The molecule has 2 fully saturated rings. The Bertz CT molecular complexity index is 621. The largest absolute Gasteiger partial charge is 0.354 e. The molecule has 0 radical (unpaired) electrons. The first kappa shape index (κ1) is 13.1. The van der Waals surface area contributed by atoms with Crippen LogP contribution in [0.5, 0.6) is 0 Å². The molecule has 4 nitrogen and oxygen atoms in total. The number of hydrogen-bond donors (Lipinski definition) is 0. The molecule has 1 saturated carbocycles. The highest BCUT2D eigenvalue weighted by Crippen LogP contribution is 2.52. The Morgan fingerprint density at radius 2 is 2.11 bits per heavy atom. The second-order valence-corrected chi connectivity index (χ2v) is 8.35. The molecule has 2 aliphatic rings. The fourth-order valence-electron chi connectivity index (χ4n) is 3.01. The quantitative estimate of drug-likeness (QED) is 0.837. The van der Waals surface area contributed by atoms with Gasteiger partial charge in [0, 0.05) is 31.0 Å². The summed E-state index contributed by atoms with van der Waals surface area (Å²) in [5, 5.41) is -0.179. The summed E-state index contributed by atoms with van der Waals surface area (Å²) in [5.41, 5.74) is 0.0606. The van der Waals surface area contributed by atoms with E-state index in [2.05, 4.69) is 4.98 Å². The minimum absolute atomic E-state index is 0.0383. The van der Waals surface area contributed by atoms with Crippen LogP contribution in [0.15, 0.2) is 12.3 Å². The Labute approximate surface area is 116 Å². The Hall–Kier alpha value is -0.880. The van der Waals surface area contributed by atoms with Gasteiger partial charge in [-0.3, -0.25) is 0 Å². The van der Waals surface area contributed by atoms with E-state index >= 15 is 0 Å². The molecule has 1 saturated heterocycles. The number of anilines is 1. The molecule has 104 valence electrons. The van der Waals surface area contributed by atoms with E-state index < -0.39 is 15.7 Å². The normalized spacial score (nSPS) is 22.2. The van der Waals surface area contributed by atoms with Gasteiger partial charge in [0.2, 0.25) is 0 Å². The van der Waals surface area contributed by atoms with Crippen molar-refractivity contribution in [2.45, 2.75) is 18.1 Å². The van der Waals surface area contributed by atoms with Crippen LogP contribution in [0.4, 0.5) is 10.2 Å². The van der Waals surface area contributed by atoms with Gasteiger partial charge >= 0.3 is 0 Å². The van der Waals surface area contributed by atoms with Gasteiger partial charge in [0.05, 0.1) is 5.25 Å². The number of rotatable bonds is 2. The maximum Gasteiger partial charge on any atom is 0.150 e. The maximum atomic E-state index is 13.3. The highest BCUT2D eigenvalue weighted by atomic mass is 35.5. The maximum absolute atomic E-state index is 13.3. The van der Waals surface area contributed by atoms with Crippen LogP contribution in [0.25, 0.3) is 0 Å². The topological polar surface area (TPSA) is 50.3 Å². The van der Waals surface area contributed by atoms with Crippen LogP contribution < -0.4 is 4.90 Å². The van der Waals surface area contributed by atoms with Crippen molar-refractivity contribution in [3.05, 3.63) is 23.1 Å². The average molecular weight is 305 g/mol. The summed E-state index contributed by atoms with van der Waals surface area (Å²) in [6.45, 7) is 1.41. The molecular weight excluding hydrogens is 291 g/mol. The monoisotopic (exact) mass is 304 g/mol. The minimum Gasteiger partial charge on any atom is -0.354 e. The third kappa shape index (κ3) is 2.10. The predicted molar refractivity (Wildman–Crippen MR) is 71.7 cm³/mol. The second kappa shape index (κ2) is 4.06. The van der Waals surface area contributed by atoms with Crippen molar-refractivity contribution < 1.29 is 12.8 Å². The van der Waals surface area contributed by atoms with E-state index in [9.17, 15) is 12.8 Å². The number of nitrogens with zero attached hydrogens (tertiary/aromatic N) is 2. The summed E-state index contributed by atoms with van der Waals surface area (Å²) in [4.78, 5) is 6.00. The summed E-state index contributed by atoms with van der Waals surface area (Å²) in [7, 11) is -2.93. The van der Waals surface area contributed by atoms with Gasteiger partial charge in [0.15, 0.2) is 0 Å². The van der Waals surface area contributed by atoms with Crippen LogP contribution in [0, 0.1) is 11.2 Å². The van der Waals surface area contributed by atoms with Gasteiger partial charge in [-0.15, -0.1) is 0 Å².